The summed E-state index contributed by atoms with van der Waals surface area (Å²) in [5, 5.41) is 6.61. The zero-order valence-electron chi connectivity index (χ0n) is 18.4. The van der Waals surface area contributed by atoms with Gasteiger partial charge in [-0.3, -0.25) is 9.59 Å². The molecule has 3 aromatic rings. The first-order chi connectivity index (χ1) is 15.7. The van der Waals surface area contributed by atoms with Crippen molar-refractivity contribution in [3.05, 3.63) is 93.4 Å². The molecule has 0 saturated carbocycles. The van der Waals surface area contributed by atoms with Crippen LogP contribution in [0.1, 0.15) is 33.7 Å². The number of nitrogens with one attached hydrogen (secondary N) is 1. The van der Waals surface area contributed by atoms with E-state index in [9.17, 15) is 22.8 Å². The van der Waals surface area contributed by atoms with E-state index in [1.165, 1.54) is 30.7 Å². The van der Waals surface area contributed by atoms with Crippen molar-refractivity contribution in [2.24, 2.45) is 0 Å². The SMILES string of the molecule is Cc1cc(=O)c(C(=O)NCCCN(C)Cc2ccccc2)nn1-c1ccccc1C(F)(F)F. The van der Waals surface area contributed by atoms with Crippen LogP contribution in [0.3, 0.4) is 0 Å². The minimum Gasteiger partial charge on any atom is -0.350 e. The van der Waals surface area contributed by atoms with Gasteiger partial charge < -0.3 is 10.2 Å². The summed E-state index contributed by atoms with van der Waals surface area (Å²) < 4.78 is 41.3. The van der Waals surface area contributed by atoms with Crippen molar-refractivity contribution in [2.75, 3.05) is 20.1 Å². The molecule has 0 radical (unpaired) electrons. The quantitative estimate of drug-likeness (QED) is 0.522. The number of nitrogens with zero attached hydrogens (tertiary/aromatic N) is 3. The second-order valence-corrected chi connectivity index (χ2v) is 7.76. The predicted octanol–water partition coefficient (Wildman–Crippen LogP) is 3.81. The summed E-state index contributed by atoms with van der Waals surface area (Å²) in [6.07, 6.45) is -3.98. The first-order valence-corrected chi connectivity index (χ1v) is 10.4. The van der Waals surface area contributed by atoms with E-state index in [4.69, 9.17) is 0 Å². The largest absolute Gasteiger partial charge is 0.418 e. The molecule has 0 unspecified atom stereocenters. The van der Waals surface area contributed by atoms with Crippen LogP contribution >= 0.6 is 0 Å². The van der Waals surface area contributed by atoms with Crippen molar-refractivity contribution in [1.82, 2.24) is 20.0 Å². The molecule has 6 nitrogen and oxygen atoms in total. The third-order valence-corrected chi connectivity index (χ3v) is 5.06. The third-order valence-electron chi connectivity index (χ3n) is 5.06. The number of carbonyl (C=O) groups excluding carboxylic acids is 1. The summed E-state index contributed by atoms with van der Waals surface area (Å²) in [5.74, 6) is -0.719. The maximum atomic E-state index is 13.4. The molecular formula is C24H25F3N4O2. The van der Waals surface area contributed by atoms with Crippen LogP contribution in [0.4, 0.5) is 13.2 Å². The molecule has 1 amide bonds. The summed E-state index contributed by atoms with van der Waals surface area (Å²) in [6.45, 7) is 3.23. The normalized spacial score (nSPS) is 11.6. The molecule has 0 fully saturated rings. The molecule has 0 atom stereocenters. The van der Waals surface area contributed by atoms with E-state index < -0.39 is 28.8 Å². The fourth-order valence-corrected chi connectivity index (χ4v) is 3.46. The molecule has 0 bridgehead atoms. The Bertz CT molecular complexity index is 1160. The lowest BCUT2D eigenvalue weighted by molar-refractivity contribution is -0.137. The Morgan fingerprint density at radius 3 is 2.45 bits per heavy atom. The number of rotatable bonds is 8. The van der Waals surface area contributed by atoms with Crippen molar-refractivity contribution >= 4 is 5.91 Å². The van der Waals surface area contributed by atoms with E-state index in [1.54, 1.807) is 0 Å². The van der Waals surface area contributed by atoms with E-state index in [1.807, 2.05) is 37.4 Å². The van der Waals surface area contributed by atoms with Gasteiger partial charge in [0.15, 0.2) is 5.69 Å². The Kier molecular flexibility index (Phi) is 7.65. The van der Waals surface area contributed by atoms with Gasteiger partial charge in [-0.2, -0.15) is 18.3 Å². The highest BCUT2D eigenvalue weighted by atomic mass is 19.4. The minimum absolute atomic E-state index is 0.191. The van der Waals surface area contributed by atoms with Gasteiger partial charge in [0, 0.05) is 24.8 Å². The number of alkyl halides is 3. The number of hydrogen-bond acceptors (Lipinski definition) is 4. The summed E-state index contributed by atoms with van der Waals surface area (Å²) >= 11 is 0. The molecular weight excluding hydrogens is 433 g/mol. The molecule has 0 aliphatic heterocycles. The average molecular weight is 458 g/mol. The Balaban J connectivity index is 1.68. The predicted molar refractivity (Wildman–Crippen MR) is 119 cm³/mol. The zero-order valence-corrected chi connectivity index (χ0v) is 18.4. The molecule has 1 heterocycles. The molecule has 1 N–H and O–H groups in total. The monoisotopic (exact) mass is 458 g/mol. The number of para-hydroxylation sites is 1. The maximum absolute atomic E-state index is 13.4. The highest BCUT2D eigenvalue weighted by Crippen LogP contribution is 2.33. The molecule has 0 aliphatic carbocycles. The number of amides is 1. The molecule has 33 heavy (non-hydrogen) atoms. The number of benzene rings is 2. The van der Waals surface area contributed by atoms with Gasteiger partial charge in [-0.1, -0.05) is 42.5 Å². The molecule has 174 valence electrons. The van der Waals surface area contributed by atoms with Crippen LogP contribution < -0.4 is 10.7 Å². The number of hydrogen-bond donors (Lipinski definition) is 1. The number of aromatic nitrogens is 2. The highest BCUT2D eigenvalue weighted by molar-refractivity contribution is 5.92. The lowest BCUT2D eigenvalue weighted by atomic mass is 10.1. The second-order valence-electron chi connectivity index (χ2n) is 7.76. The molecule has 9 heteroatoms. The number of carbonyl (C=O) groups is 1. The van der Waals surface area contributed by atoms with Gasteiger partial charge in [0.05, 0.1) is 11.3 Å². The maximum Gasteiger partial charge on any atom is 0.418 e. The van der Waals surface area contributed by atoms with Crippen LogP contribution in [0.25, 0.3) is 5.69 Å². The first kappa shape index (κ1) is 24.2. The fourth-order valence-electron chi connectivity index (χ4n) is 3.46. The number of halogens is 3. The Labute approximate surface area is 189 Å². The van der Waals surface area contributed by atoms with Crippen LogP contribution in [-0.4, -0.2) is 40.7 Å². The second kappa shape index (κ2) is 10.4. The van der Waals surface area contributed by atoms with E-state index in [0.29, 0.717) is 19.5 Å². The average Bonchev–Trinajstić information content (AvgIpc) is 2.77. The molecule has 0 saturated heterocycles. The van der Waals surface area contributed by atoms with Gasteiger partial charge in [-0.05, 0) is 44.6 Å². The third kappa shape index (κ3) is 6.29. The van der Waals surface area contributed by atoms with Gasteiger partial charge in [-0.15, -0.1) is 0 Å². The highest BCUT2D eigenvalue weighted by Gasteiger charge is 2.34. The standard InChI is InChI=1S/C24H25F3N4O2/c1-17-15-21(32)22(29-31(17)20-12-7-6-11-19(20)24(25,26)27)23(33)28-13-8-14-30(2)16-18-9-4-3-5-10-18/h3-7,9-12,15H,8,13-14,16H2,1-2H3,(H,28,33). The Hall–Kier alpha value is -3.46. The van der Waals surface area contributed by atoms with E-state index in [0.717, 1.165) is 23.4 Å². The molecule has 0 spiro atoms. The Morgan fingerprint density at radius 2 is 1.76 bits per heavy atom. The molecule has 1 aromatic heterocycles. The van der Waals surface area contributed by atoms with Gasteiger partial charge in [0.1, 0.15) is 0 Å². The van der Waals surface area contributed by atoms with E-state index in [-0.39, 0.29) is 11.4 Å². The van der Waals surface area contributed by atoms with Crippen LogP contribution in [-0.2, 0) is 12.7 Å². The van der Waals surface area contributed by atoms with E-state index in [2.05, 4.69) is 15.3 Å². The van der Waals surface area contributed by atoms with Crippen LogP contribution in [0.5, 0.6) is 0 Å². The lowest BCUT2D eigenvalue weighted by Gasteiger charge is -2.17. The van der Waals surface area contributed by atoms with Crippen LogP contribution in [0.2, 0.25) is 0 Å². The van der Waals surface area contributed by atoms with Crippen molar-refractivity contribution in [2.45, 2.75) is 26.1 Å². The molecule has 2 aromatic carbocycles. The Morgan fingerprint density at radius 1 is 1.09 bits per heavy atom. The first-order valence-electron chi connectivity index (χ1n) is 10.4. The zero-order chi connectivity index (χ0) is 24.0. The fraction of sp³-hybridized carbons (Fsp3) is 0.292. The van der Waals surface area contributed by atoms with Crippen LogP contribution in [0.15, 0.2) is 65.5 Å². The summed E-state index contributed by atoms with van der Waals surface area (Å²) in [4.78, 5) is 27.0. The van der Waals surface area contributed by atoms with E-state index >= 15 is 0 Å². The van der Waals surface area contributed by atoms with Gasteiger partial charge in [0.25, 0.3) is 5.91 Å². The smallest absolute Gasteiger partial charge is 0.350 e. The van der Waals surface area contributed by atoms with Gasteiger partial charge >= 0.3 is 6.18 Å². The van der Waals surface area contributed by atoms with Crippen molar-refractivity contribution < 1.29 is 18.0 Å². The van der Waals surface area contributed by atoms with Crippen molar-refractivity contribution in [3.63, 3.8) is 0 Å². The number of aryl methyl sites for hydroxylation is 1. The topological polar surface area (TPSA) is 67.2 Å². The molecule has 0 aliphatic rings. The lowest BCUT2D eigenvalue weighted by Crippen LogP contribution is -2.34. The minimum atomic E-state index is -4.61. The van der Waals surface area contributed by atoms with Gasteiger partial charge in [-0.25, -0.2) is 4.68 Å². The summed E-state index contributed by atoms with van der Waals surface area (Å²) in [5.41, 5.74) is -0.887. The summed E-state index contributed by atoms with van der Waals surface area (Å²) in [7, 11) is 1.97. The van der Waals surface area contributed by atoms with Crippen molar-refractivity contribution in [1.29, 1.82) is 0 Å². The summed E-state index contributed by atoms with van der Waals surface area (Å²) in [6, 6.07) is 16.0. The molecule has 3 rings (SSSR count). The van der Waals surface area contributed by atoms with Gasteiger partial charge in [0.2, 0.25) is 5.43 Å². The van der Waals surface area contributed by atoms with Crippen LogP contribution in [0, 0.1) is 6.92 Å². The van der Waals surface area contributed by atoms with Crippen molar-refractivity contribution in [3.8, 4) is 5.69 Å².